The molecule has 0 aliphatic rings. The molecule has 0 rings (SSSR count). The lowest BCUT2D eigenvalue weighted by atomic mass is 9.93. The lowest BCUT2D eigenvalue weighted by Gasteiger charge is -2.43. The van der Waals surface area contributed by atoms with Crippen molar-refractivity contribution < 1.29 is 56.8 Å². The van der Waals surface area contributed by atoms with E-state index in [2.05, 4.69) is 4.52 Å². The number of rotatable bonds is 18. The van der Waals surface area contributed by atoms with Gasteiger partial charge in [-0.25, -0.2) is 4.57 Å². The van der Waals surface area contributed by atoms with Gasteiger partial charge in [0.05, 0.1) is 12.2 Å². The third-order valence-corrected chi connectivity index (χ3v) is 5.50. The topological polar surface area (TPSA) is 141 Å². The van der Waals surface area contributed by atoms with Crippen molar-refractivity contribution in [1.29, 1.82) is 0 Å². The molecule has 0 aliphatic carbocycles. The number of hydrogen-bond acceptors (Lipinski definition) is 10. The van der Waals surface area contributed by atoms with Crippen LogP contribution in [0, 0.1) is 0 Å². The second-order valence-corrected chi connectivity index (χ2v) is 8.93. The van der Waals surface area contributed by atoms with Crippen LogP contribution < -0.4 is 0 Å². The average Bonchev–Trinajstić information content (AvgIpc) is 2.65. The summed E-state index contributed by atoms with van der Waals surface area (Å²) in [6.07, 6.45) is -5.61. The summed E-state index contributed by atoms with van der Waals surface area (Å²) >= 11 is 0. The summed E-state index contributed by atoms with van der Waals surface area (Å²) in [7, 11) is -1.69. The zero-order valence-corrected chi connectivity index (χ0v) is 22.4. The second-order valence-electron chi connectivity index (χ2n) is 7.74. The molecule has 0 spiro atoms. The third-order valence-electron chi connectivity index (χ3n) is 4.93. The third kappa shape index (κ3) is 13.5. The molecule has 0 bridgehead atoms. The highest BCUT2D eigenvalue weighted by Crippen LogP contribution is 2.38. The van der Waals surface area contributed by atoms with E-state index in [4.69, 9.17) is 47.7 Å². The molecule has 0 saturated heterocycles. The molecule has 8 unspecified atom stereocenters. The van der Waals surface area contributed by atoms with Crippen molar-refractivity contribution in [2.45, 2.75) is 118 Å². The van der Waals surface area contributed by atoms with Gasteiger partial charge in [0.2, 0.25) is 0 Å². The fourth-order valence-electron chi connectivity index (χ4n) is 2.96. The number of phosphoric acid groups is 1. The zero-order chi connectivity index (χ0) is 26.0. The van der Waals surface area contributed by atoms with Gasteiger partial charge in [-0.3, -0.25) is 4.52 Å². The molecule has 200 valence electrons. The van der Waals surface area contributed by atoms with Gasteiger partial charge >= 0.3 is 7.82 Å². The van der Waals surface area contributed by atoms with Crippen molar-refractivity contribution in [3.63, 3.8) is 0 Å². The van der Waals surface area contributed by atoms with Crippen LogP contribution in [0.2, 0.25) is 0 Å². The maximum atomic E-state index is 11.1. The normalized spacial score (nSPS) is 22.0. The Morgan fingerprint density at radius 1 is 0.606 bits per heavy atom. The number of ether oxygens (including phenoxy) is 8. The minimum Gasteiger partial charge on any atom is -0.356 e. The maximum Gasteiger partial charge on any atom is 0.471 e. The van der Waals surface area contributed by atoms with Crippen LogP contribution >= 0.6 is 7.82 Å². The van der Waals surface area contributed by atoms with Crippen LogP contribution in [0.15, 0.2) is 0 Å². The van der Waals surface area contributed by atoms with E-state index in [0.29, 0.717) is 0 Å². The highest BCUT2D eigenvalue weighted by atomic mass is 31.2. The fourth-order valence-corrected chi connectivity index (χ4v) is 3.39. The van der Waals surface area contributed by atoms with Gasteiger partial charge in [-0.05, 0) is 62.3 Å². The Labute approximate surface area is 197 Å². The van der Waals surface area contributed by atoms with Gasteiger partial charge in [-0.15, -0.1) is 0 Å². The van der Waals surface area contributed by atoms with Crippen molar-refractivity contribution in [1.82, 2.24) is 0 Å². The molecule has 12 nitrogen and oxygen atoms in total. The summed E-state index contributed by atoms with van der Waals surface area (Å²) in [5.74, 6) is 0. The van der Waals surface area contributed by atoms with Crippen LogP contribution in [0.1, 0.15) is 62.3 Å². The average molecular weight is 507 g/mol. The van der Waals surface area contributed by atoms with Crippen LogP contribution in [0.25, 0.3) is 0 Å². The summed E-state index contributed by atoms with van der Waals surface area (Å²) in [6, 6.07) is 0. The first-order valence-electron chi connectivity index (χ1n) is 10.8. The van der Waals surface area contributed by atoms with E-state index in [0.717, 1.165) is 0 Å². The van der Waals surface area contributed by atoms with Crippen LogP contribution in [-0.4, -0.2) is 79.6 Å². The molecule has 0 aliphatic heterocycles. The monoisotopic (exact) mass is 506 g/mol. The first-order valence-corrected chi connectivity index (χ1v) is 12.3. The van der Waals surface area contributed by atoms with Gasteiger partial charge in [0.25, 0.3) is 0 Å². The minimum absolute atomic E-state index is 0.482. The summed E-state index contributed by atoms with van der Waals surface area (Å²) in [4.78, 5) is 17.9. The first kappa shape index (κ1) is 32.8. The van der Waals surface area contributed by atoms with Crippen LogP contribution in [0.3, 0.4) is 0 Å². The van der Waals surface area contributed by atoms with Crippen LogP contribution in [-0.2, 0) is 47.0 Å². The van der Waals surface area contributed by atoms with Gasteiger partial charge < -0.3 is 47.7 Å². The van der Waals surface area contributed by atoms with Gasteiger partial charge in [0, 0.05) is 14.2 Å². The molecule has 0 saturated carbocycles. The predicted octanol–water partition coefficient (Wildman–Crippen LogP) is 3.10. The molecule has 8 atom stereocenters. The molecule has 0 radical (unpaired) electrons. The molecule has 13 heteroatoms. The van der Waals surface area contributed by atoms with Gasteiger partial charge in [0.15, 0.2) is 37.7 Å². The number of methoxy groups -OCH3 is 2. The lowest BCUT2D eigenvalue weighted by molar-refractivity contribution is -0.329. The quantitative estimate of drug-likeness (QED) is 0.208. The largest absolute Gasteiger partial charge is 0.471 e. The highest BCUT2D eigenvalue weighted by Gasteiger charge is 2.43. The van der Waals surface area contributed by atoms with E-state index < -0.39 is 63.4 Å². The molecule has 0 aromatic carbocycles. The van der Waals surface area contributed by atoms with Gasteiger partial charge in [-0.1, -0.05) is 0 Å². The molecule has 2 N–H and O–H groups in total. The SMILES string of the molecule is COC(C)OC(C)OC(C)C(C)(OC(C)OC(C)OP(=O)(O)O)C(C)OC(C)OC(C)OC. The van der Waals surface area contributed by atoms with Crippen molar-refractivity contribution in [3.05, 3.63) is 0 Å². The van der Waals surface area contributed by atoms with Crippen LogP contribution in [0.5, 0.6) is 0 Å². The molecule has 0 heterocycles. The molecule has 0 aromatic heterocycles. The Bertz CT molecular complexity index is 547. The first-order chi connectivity index (χ1) is 15.0. The fraction of sp³-hybridized carbons (Fsp3) is 1.00. The molecule has 0 aromatic rings. The number of hydrogen-bond donors (Lipinski definition) is 2. The van der Waals surface area contributed by atoms with E-state index in [1.54, 1.807) is 55.4 Å². The van der Waals surface area contributed by atoms with E-state index in [1.165, 1.54) is 21.1 Å². The molecule has 0 amide bonds. The Balaban J connectivity index is 5.47. The van der Waals surface area contributed by atoms with Crippen molar-refractivity contribution >= 4 is 7.82 Å². The summed E-state index contributed by atoms with van der Waals surface area (Å²) in [5, 5.41) is 0. The Morgan fingerprint density at radius 2 is 0.970 bits per heavy atom. The minimum atomic E-state index is -4.73. The summed E-state index contributed by atoms with van der Waals surface area (Å²) in [5.41, 5.74) is -1.12. The summed E-state index contributed by atoms with van der Waals surface area (Å²) < 4.78 is 60.5. The van der Waals surface area contributed by atoms with Crippen LogP contribution in [0.4, 0.5) is 0 Å². The molecule has 33 heavy (non-hydrogen) atoms. The van der Waals surface area contributed by atoms with Gasteiger partial charge in [0.1, 0.15) is 5.60 Å². The highest BCUT2D eigenvalue weighted by molar-refractivity contribution is 7.46. The van der Waals surface area contributed by atoms with E-state index in [9.17, 15) is 4.57 Å². The van der Waals surface area contributed by atoms with Crippen molar-refractivity contribution in [3.8, 4) is 0 Å². The number of phosphoric ester groups is 1. The molecule has 0 fully saturated rings. The maximum absolute atomic E-state index is 11.1. The Hall–Kier alpha value is -0.210. The molecular weight excluding hydrogens is 463 g/mol. The molecular formula is C20H43O12P. The Morgan fingerprint density at radius 3 is 1.30 bits per heavy atom. The van der Waals surface area contributed by atoms with E-state index >= 15 is 0 Å². The smallest absolute Gasteiger partial charge is 0.356 e. The lowest BCUT2D eigenvalue weighted by Crippen LogP contribution is -2.55. The Kier molecular flexibility index (Phi) is 14.9. The predicted molar refractivity (Wildman–Crippen MR) is 118 cm³/mol. The second kappa shape index (κ2) is 15.0. The zero-order valence-electron chi connectivity index (χ0n) is 21.5. The van der Waals surface area contributed by atoms with E-state index in [1.807, 2.05) is 0 Å². The van der Waals surface area contributed by atoms with Crippen molar-refractivity contribution in [2.24, 2.45) is 0 Å². The van der Waals surface area contributed by atoms with Gasteiger partial charge in [-0.2, -0.15) is 0 Å². The standard InChI is InChI=1S/C20H43O12P/c1-12(26-16(5)28-14(3)24-10)20(9,13(2)27-17(6)29-15(4)25-11)31-18(7)30-19(8)32-33(21,22)23/h12-19H,1-11H3,(H2,21,22,23). The van der Waals surface area contributed by atoms with E-state index in [-0.39, 0.29) is 0 Å². The summed E-state index contributed by atoms with van der Waals surface area (Å²) in [6.45, 7) is 15.2. The van der Waals surface area contributed by atoms with Crippen molar-refractivity contribution in [2.75, 3.05) is 14.2 Å².